The molecule has 0 unspecified atom stereocenters. The molecular weight excluding hydrogens is 257 g/mol. The molecule has 1 aromatic carbocycles. The van der Waals surface area contributed by atoms with Crippen molar-refractivity contribution in [2.45, 2.75) is 45.1 Å². The molecule has 1 aliphatic rings. The minimum absolute atomic E-state index is 0.229. The zero-order chi connectivity index (χ0) is 14.6. The van der Waals surface area contributed by atoms with Crippen LogP contribution in [0.4, 0.5) is 4.39 Å². The number of hydrogen-bond acceptors (Lipinski definition) is 2. The minimum atomic E-state index is -1.23. The molecule has 0 spiro atoms. The van der Waals surface area contributed by atoms with E-state index in [1.807, 2.05) is 0 Å². The van der Waals surface area contributed by atoms with Crippen LogP contribution in [0, 0.1) is 11.2 Å². The Labute approximate surface area is 119 Å². The second kappa shape index (κ2) is 6.35. The van der Waals surface area contributed by atoms with Crippen LogP contribution >= 0.6 is 0 Å². The van der Waals surface area contributed by atoms with Gasteiger partial charge in [-0.15, -0.1) is 0 Å². The lowest BCUT2D eigenvalue weighted by atomic mass is 9.66. The fourth-order valence-corrected chi connectivity index (χ4v) is 2.89. The molecule has 20 heavy (non-hydrogen) atoms. The quantitative estimate of drug-likeness (QED) is 0.841. The van der Waals surface area contributed by atoms with Crippen molar-refractivity contribution in [1.82, 2.24) is 5.32 Å². The van der Waals surface area contributed by atoms with Crippen molar-refractivity contribution in [2.24, 2.45) is 5.41 Å². The van der Waals surface area contributed by atoms with Crippen LogP contribution in [0.5, 0.6) is 0 Å². The summed E-state index contributed by atoms with van der Waals surface area (Å²) in [6.45, 7) is 2.77. The fraction of sp³-hybridized carbons (Fsp3) is 0.562. The van der Waals surface area contributed by atoms with Gasteiger partial charge < -0.3 is 10.4 Å². The largest absolute Gasteiger partial charge is 0.378 e. The molecule has 4 heteroatoms. The Balaban J connectivity index is 1.89. The zero-order valence-corrected chi connectivity index (χ0v) is 11.9. The Morgan fingerprint density at radius 1 is 1.40 bits per heavy atom. The Hall–Kier alpha value is -1.42. The van der Waals surface area contributed by atoms with Gasteiger partial charge in [0.05, 0.1) is 0 Å². The van der Waals surface area contributed by atoms with Crippen molar-refractivity contribution in [3.63, 3.8) is 0 Å². The van der Waals surface area contributed by atoms with Gasteiger partial charge in [-0.25, -0.2) is 4.39 Å². The van der Waals surface area contributed by atoms with E-state index in [2.05, 4.69) is 12.2 Å². The lowest BCUT2D eigenvalue weighted by Gasteiger charge is -2.42. The molecule has 0 bridgehead atoms. The maximum atomic E-state index is 12.8. The first-order chi connectivity index (χ1) is 9.56. The Morgan fingerprint density at radius 3 is 2.55 bits per heavy atom. The van der Waals surface area contributed by atoms with Gasteiger partial charge in [0.1, 0.15) is 5.82 Å². The van der Waals surface area contributed by atoms with E-state index in [0.717, 1.165) is 25.7 Å². The number of nitrogens with one attached hydrogen (secondary N) is 1. The van der Waals surface area contributed by atoms with Gasteiger partial charge in [-0.1, -0.05) is 31.9 Å². The number of aliphatic hydroxyl groups is 1. The number of hydrogen-bond donors (Lipinski definition) is 2. The smallest absolute Gasteiger partial charge is 0.253 e. The van der Waals surface area contributed by atoms with Gasteiger partial charge in [-0.2, -0.15) is 0 Å². The summed E-state index contributed by atoms with van der Waals surface area (Å²) in [4.78, 5) is 12.0. The predicted octanol–water partition coefficient (Wildman–Crippen LogP) is 2.95. The molecule has 0 aromatic heterocycles. The van der Waals surface area contributed by atoms with Crippen molar-refractivity contribution in [2.75, 3.05) is 6.54 Å². The number of rotatable bonds is 6. The monoisotopic (exact) mass is 279 g/mol. The van der Waals surface area contributed by atoms with Crippen LogP contribution < -0.4 is 5.32 Å². The van der Waals surface area contributed by atoms with E-state index in [0.29, 0.717) is 12.1 Å². The molecule has 1 aromatic rings. The van der Waals surface area contributed by atoms with Crippen LogP contribution in [0.25, 0.3) is 0 Å². The van der Waals surface area contributed by atoms with Crippen LogP contribution in [0.1, 0.15) is 50.7 Å². The van der Waals surface area contributed by atoms with Crippen molar-refractivity contribution >= 4 is 5.91 Å². The van der Waals surface area contributed by atoms with Crippen LogP contribution in [-0.2, 0) is 4.79 Å². The van der Waals surface area contributed by atoms with E-state index < -0.39 is 12.0 Å². The maximum absolute atomic E-state index is 12.8. The molecule has 1 aliphatic carbocycles. The van der Waals surface area contributed by atoms with Crippen molar-refractivity contribution in [3.05, 3.63) is 35.6 Å². The molecule has 0 saturated heterocycles. The summed E-state index contributed by atoms with van der Waals surface area (Å²) in [7, 11) is 0. The van der Waals surface area contributed by atoms with Crippen LogP contribution in [0.15, 0.2) is 24.3 Å². The number of carbonyl (C=O) groups excluding carboxylic acids is 1. The molecule has 0 radical (unpaired) electrons. The van der Waals surface area contributed by atoms with E-state index in [9.17, 15) is 14.3 Å². The normalized spacial score (nSPS) is 18.1. The third kappa shape index (κ3) is 3.37. The lowest BCUT2D eigenvalue weighted by molar-refractivity contribution is -0.130. The minimum Gasteiger partial charge on any atom is -0.378 e. The third-order valence-corrected chi connectivity index (χ3v) is 4.27. The molecule has 2 N–H and O–H groups in total. The van der Waals surface area contributed by atoms with Gasteiger partial charge in [-0.3, -0.25) is 4.79 Å². The Bertz CT molecular complexity index is 454. The molecule has 0 heterocycles. The predicted molar refractivity (Wildman–Crippen MR) is 75.6 cm³/mol. The number of aliphatic hydroxyl groups excluding tert-OH is 1. The molecule has 1 fully saturated rings. The van der Waals surface area contributed by atoms with E-state index in [4.69, 9.17) is 0 Å². The van der Waals surface area contributed by atoms with Crippen molar-refractivity contribution < 1.29 is 14.3 Å². The van der Waals surface area contributed by atoms with Gasteiger partial charge >= 0.3 is 0 Å². The summed E-state index contributed by atoms with van der Waals surface area (Å²) in [5, 5.41) is 12.8. The van der Waals surface area contributed by atoms with Gasteiger partial charge in [0, 0.05) is 6.54 Å². The lowest BCUT2D eigenvalue weighted by Crippen LogP contribution is -2.43. The van der Waals surface area contributed by atoms with Crippen molar-refractivity contribution in [1.29, 1.82) is 0 Å². The number of benzene rings is 1. The first-order valence-electron chi connectivity index (χ1n) is 7.27. The average Bonchev–Trinajstić information content (AvgIpc) is 2.41. The van der Waals surface area contributed by atoms with Gasteiger partial charge in [0.25, 0.3) is 5.91 Å². The van der Waals surface area contributed by atoms with Gasteiger partial charge in [-0.05, 0) is 42.4 Å². The van der Waals surface area contributed by atoms with E-state index >= 15 is 0 Å². The van der Waals surface area contributed by atoms with E-state index in [1.165, 1.54) is 30.7 Å². The maximum Gasteiger partial charge on any atom is 0.253 e. The highest BCUT2D eigenvalue weighted by molar-refractivity contribution is 5.81. The average molecular weight is 279 g/mol. The summed E-state index contributed by atoms with van der Waals surface area (Å²) in [5.41, 5.74) is 0.648. The van der Waals surface area contributed by atoms with Crippen LogP contribution in [0.3, 0.4) is 0 Å². The third-order valence-electron chi connectivity index (χ3n) is 4.27. The second-order valence-corrected chi connectivity index (χ2v) is 5.78. The number of carbonyl (C=O) groups is 1. The molecule has 1 atom stereocenters. The molecule has 110 valence electrons. The summed E-state index contributed by atoms with van der Waals surface area (Å²) in [6.07, 6.45) is 4.50. The summed E-state index contributed by atoms with van der Waals surface area (Å²) in [6, 6.07) is 5.36. The summed E-state index contributed by atoms with van der Waals surface area (Å²) in [5.74, 6) is -0.781. The molecule has 0 aliphatic heterocycles. The first kappa shape index (κ1) is 15.0. The Kier molecular flexibility index (Phi) is 4.76. The molecular formula is C16H22FNO2. The molecule has 3 nitrogen and oxygen atoms in total. The number of amides is 1. The second-order valence-electron chi connectivity index (χ2n) is 5.78. The summed E-state index contributed by atoms with van der Waals surface area (Å²) >= 11 is 0. The van der Waals surface area contributed by atoms with Crippen LogP contribution in [-0.4, -0.2) is 17.6 Å². The zero-order valence-electron chi connectivity index (χ0n) is 11.9. The molecule has 1 amide bonds. The standard InChI is InChI=1S/C16H22FNO2/c1-2-8-16(9-3-10-16)11-18-15(20)14(19)12-4-6-13(17)7-5-12/h4-7,14,19H,2-3,8-11H2,1H3,(H,18,20)/t14-/m0/s1. The van der Waals surface area contributed by atoms with E-state index in [-0.39, 0.29) is 11.2 Å². The highest BCUT2D eigenvalue weighted by Gasteiger charge is 2.36. The number of halogens is 1. The highest BCUT2D eigenvalue weighted by atomic mass is 19.1. The Morgan fingerprint density at radius 2 is 2.05 bits per heavy atom. The summed E-state index contributed by atoms with van der Waals surface area (Å²) < 4.78 is 12.8. The topological polar surface area (TPSA) is 49.3 Å². The molecule has 1 saturated carbocycles. The van der Waals surface area contributed by atoms with E-state index in [1.54, 1.807) is 0 Å². The van der Waals surface area contributed by atoms with Gasteiger partial charge in [0.15, 0.2) is 6.10 Å². The van der Waals surface area contributed by atoms with Crippen LogP contribution in [0.2, 0.25) is 0 Å². The SMILES string of the molecule is CCCC1(CNC(=O)[C@@H](O)c2ccc(F)cc2)CCC1. The fourth-order valence-electron chi connectivity index (χ4n) is 2.89. The van der Waals surface area contributed by atoms with Gasteiger partial charge in [0.2, 0.25) is 0 Å². The first-order valence-corrected chi connectivity index (χ1v) is 7.27. The van der Waals surface area contributed by atoms with Crippen molar-refractivity contribution in [3.8, 4) is 0 Å². The molecule has 2 rings (SSSR count). The highest BCUT2D eigenvalue weighted by Crippen LogP contribution is 2.44.